The smallest absolute Gasteiger partial charge is 0.396 e. The Morgan fingerprint density at radius 3 is 2.56 bits per heavy atom. The summed E-state index contributed by atoms with van der Waals surface area (Å²) in [6.07, 6.45) is 3.54. The molecule has 2 aliphatic rings. The minimum absolute atomic E-state index is 0.0128. The number of aliphatic hydroxyl groups is 2. The Balaban J connectivity index is 1.54. The van der Waals surface area contributed by atoms with Crippen LogP contribution < -0.4 is 5.32 Å². The second-order valence-electron chi connectivity index (χ2n) is 9.08. The molecular weight excluding hydrogens is 419 g/mol. The first-order valence-corrected chi connectivity index (χ1v) is 11.4. The lowest BCUT2D eigenvalue weighted by Crippen LogP contribution is -2.43. The van der Waals surface area contributed by atoms with Crippen molar-refractivity contribution < 1.29 is 23.4 Å². The normalized spacial score (nSPS) is 27.0. The molecule has 2 aromatic rings. The highest BCUT2D eigenvalue weighted by Crippen LogP contribution is 2.36. The molecule has 3 N–H and O–H groups in total. The molecule has 1 aromatic heterocycles. The number of hydrogen-bond acceptors (Lipinski definition) is 5. The topological polar surface area (TPSA) is 78.3 Å². The van der Waals surface area contributed by atoms with Gasteiger partial charge in [-0.3, -0.25) is 0 Å². The van der Waals surface area contributed by atoms with Gasteiger partial charge in [-0.1, -0.05) is 31.4 Å². The standard InChI is InChI=1S/C24H30F3N3O2/c25-24(26,27)16-6-4-5-15(11-16)23-28-10-9-18(30-23)12-19-20(14-31)22(32)13-21(19)29-17-7-2-1-3-8-17/h4-6,9-11,17,19-22,29,31-32H,1-3,7-8,12-14H2/t19-,20-,21-,22-/m1/s1. The first-order chi connectivity index (χ1) is 15.3. The van der Waals surface area contributed by atoms with E-state index in [2.05, 4.69) is 15.3 Å². The number of alkyl halides is 3. The third-order valence-electron chi connectivity index (χ3n) is 6.93. The van der Waals surface area contributed by atoms with E-state index in [1.165, 1.54) is 25.3 Å². The zero-order valence-electron chi connectivity index (χ0n) is 17.9. The van der Waals surface area contributed by atoms with E-state index in [9.17, 15) is 23.4 Å². The van der Waals surface area contributed by atoms with Gasteiger partial charge in [-0.25, -0.2) is 9.97 Å². The summed E-state index contributed by atoms with van der Waals surface area (Å²) in [7, 11) is 0. The Morgan fingerprint density at radius 2 is 1.84 bits per heavy atom. The summed E-state index contributed by atoms with van der Waals surface area (Å²) in [4.78, 5) is 8.72. The molecule has 32 heavy (non-hydrogen) atoms. The maximum absolute atomic E-state index is 13.1. The average Bonchev–Trinajstić information content (AvgIpc) is 3.07. The molecule has 4 atom stereocenters. The molecule has 8 heteroatoms. The lowest BCUT2D eigenvalue weighted by molar-refractivity contribution is -0.137. The van der Waals surface area contributed by atoms with Crippen LogP contribution in [-0.2, 0) is 12.6 Å². The van der Waals surface area contributed by atoms with Crippen molar-refractivity contribution >= 4 is 0 Å². The SMILES string of the molecule is OC[C@@H]1[C@@H](Cc2ccnc(-c3cccc(C(F)(F)F)c3)n2)[C@H](NC2CCCCC2)C[C@H]1O. The number of aliphatic hydroxyl groups excluding tert-OH is 2. The summed E-state index contributed by atoms with van der Waals surface area (Å²) >= 11 is 0. The number of nitrogens with zero attached hydrogens (tertiary/aromatic N) is 2. The van der Waals surface area contributed by atoms with Crippen molar-refractivity contribution in [3.8, 4) is 11.4 Å². The van der Waals surface area contributed by atoms with Crippen LogP contribution in [0.25, 0.3) is 11.4 Å². The van der Waals surface area contributed by atoms with Gasteiger partial charge in [-0.05, 0) is 49.8 Å². The molecule has 2 aliphatic carbocycles. The summed E-state index contributed by atoms with van der Waals surface area (Å²) < 4.78 is 39.3. The maximum atomic E-state index is 13.1. The number of halogens is 3. The quantitative estimate of drug-likeness (QED) is 0.622. The van der Waals surface area contributed by atoms with E-state index in [1.807, 2.05) is 0 Å². The largest absolute Gasteiger partial charge is 0.416 e. The summed E-state index contributed by atoms with van der Waals surface area (Å²) in [6, 6.07) is 7.26. The number of nitrogens with one attached hydrogen (secondary N) is 1. The fourth-order valence-electron chi connectivity index (χ4n) is 5.23. The van der Waals surface area contributed by atoms with E-state index in [0.717, 1.165) is 25.0 Å². The third-order valence-corrected chi connectivity index (χ3v) is 6.93. The molecule has 174 valence electrons. The fourth-order valence-corrected chi connectivity index (χ4v) is 5.23. The van der Waals surface area contributed by atoms with Gasteiger partial charge in [0.15, 0.2) is 5.82 Å². The van der Waals surface area contributed by atoms with Gasteiger partial charge in [-0.2, -0.15) is 13.2 Å². The number of hydrogen-bond donors (Lipinski definition) is 3. The van der Waals surface area contributed by atoms with E-state index in [1.54, 1.807) is 18.3 Å². The van der Waals surface area contributed by atoms with Crippen LogP contribution in [0.2, 0.25) is 0 Å². The Kier molecular flexibility index (Phi) is 7.12. The highest BCUT2D eigenvalue weighted by atomic mass is 19.4. The molecule has 0 aliphatic heterocycles. The molecule has 0 amide bonds. The van der Waals surface area contributed by atoms with Crippen molar-refractivity contribution in [2.45, 2.75) is 69.3 Å². The summed E-state index contributed by atoms with van der Waals surface area (Å²) in [5, 5.41) is 24.2. The van der Waals surface area contributed by atoms with Crippen molar-refractivity contribution in [2.24, 2.45) is 11.8 Å². The van der Waals surface area contributed by atoms with Gasteiger partial charge in [-0.15, -0.1) is 0 Å². The highest BCUT2D eigenvalue weighted by Gasteiger charge is 2.43. The lowest BCUT2D eigenvalue weighted by Gasteiger charge is -2.31. The van der Waals surface area contributed by atoms with E-state index in [-0.39, 0.29) is 30.3 Å². The van der Waals surface area contributed by atoms with Crippen molar-refractivity contribution in [3.05, 3.63) is 47.8 Å². The fraction of sp³-hybridized carbons (Fsp3) is 0.583. The Bertz CT molecular complexity index is 902. The van der Waals surface area contributed by atoms with Crippen LogP contribution in [0, 0.1) is 11.8 Å². The zero-order valence-corrected chi connectivity index (χ0v) is 17.9. The minimum atomic E-state index is -4.43. The van der Waals surface area contributed by atoms with Crippen LogP contribution >= 0.6 is 0 Å². The molecule has 0 saturated heterocycles. The van der Waals surface area contributed by atoms with E-state index >= 15 is 0 Å². The molecule has 2 saturated carbocycles. The van der Waals surface area contributed by atoms with Crippen molar-refractivity contribution in [1.82, 2.24) is 15.3 Å². The van der Waals surface area contributed by atoms with Crippen LogP contribution in [0.5, 0.6) is 0 Å². The maximum Gasteiger partial charge on any atom is 0.416 e. The molecule has 0 bridgehead atoms. The molecule has 1 heterocycles. The number of aromatic nitrogens is 2. The van der Waals surface area contributed by atoms with Gasteiger partial charge in [0, 0.05) is 42.1 Å². The molecule has 1 aromatic carbocycles. The molecule has 0 radical (unpaired) electrons. The van der Waals surface area contributed by atoms with E-state index in [4.69, 9.17) is 0 Å². The van der Waals surface area contributed by atoms with Crippen LogP contribution in [-0.4, -0.2) is 45.0 Å². The molecule has 0 unspecified atom stereocenters. The predicted molar refractivity (Wildman–Crippen MR) is 115 cm³/mol. The second kappa shape index (κ2) is 9.85. The monoisotopic (exact) mass is 449 g/mol. The zero-order chi connectivity index (χ0) is 22.7. The Morgan fingerprint density at radius 1 is 1.06 bits per heavy atom. The number of rotatable bonds is 6. The second-order valence-corrected chi connectivity index (χ2v) is 9.08. The van der Waals surface area contributed by atoms with Crippen molar-refractivity contribution in [1.29, 1.82) is 0 Å². The molecule has 2 fully saturated rings. The van der Waals surface area contributed by atoms with Gasteiger partial charge in [0.25, 0.3) is 0 Å². The Hall–Kier alpha value is -2.03. The first kappa shape index (κ1) is 23.1. The van der Waals surface area contributed by atoms with Gasteiger partial charge in [0.1, 0.15) is 0 Å². The van der Waals surface area contributed by atoms with Crippen molar-refractivity contribution in [3.63, 3.8) is 0 Å². The molecule has 4 rings (SSSR count). The average molecular weight is 450 g/mol. The van der Waals surface area contributed by atoms with Crippen molar-refractivity contribution in [2.75, 3.05) is 6.61 Å². The Labute approximate surface area is 186 Å². The molecular formula is C24H30F3N3O2. The van der Waals surface area contributed by atoms with E-state index < -0.39 is 17.8 Å². The molecule has 5 nitrogen and oxygen atoms in total. The van der Waals surface area contributed by atoms with Gasteiger partial charge >= 0.3 is 6.18 Å². The van der Waals surface area contributed by atoms with Gasteiger partial charge in [0.2, 0.25) is 0 Å². The lowest BCUT2D eigenvalue weighted by atomic mass is 9.87. The summed E-state index contributed by atoms with van der Waals surface area (Å²) in [6.45, 7) is -0.111. The minimum Gasteiger partial charge on any atom is -0.396 e. The number of benzene rings is 1. The van der Waals surface area contributed by atoms with E-state index in [0.29, 0.717) is 30.1 Å². The predicted octanol–water partition coefficient (Wildman–Crippen LogP) is 3.99. The van der Waals surface area contributed by atoms with Crippen LogP contribution in [0.4, 0.5) is 13.2 Å². The highest BCUT2D eigenvalue weighted by molar-refractivity contribution is 5.56. The third kappa shape index (κ3) is 5.30. The van der Waals surface area contributed by atoms with Crippen LogP contribution in [0.3, 0.4) is 0 Å². The van der Waals surface area contributed by atoms with Crippen LogP contribution in [0.1, 0.15) is 49.8 Å². The van der Waals surface area contributed by atoms with Gasteiger partial charge < -0.3 is 15.5 Å². The van der Waals surface area contributed by atoms with Crippen LogP contribution in [0.15, 0.2) is 36.5 Å². The summed E-state index contributed by atoms with van der Waals surface area (Å²) in [5.74, 6) is -0.0336. The van der Waals surface area contributed by atoms with Gasteiger partial charge in [0.05, 0.1) is 11.7 Å². The summed E-state index contributed by atoms with van der Waals surface area (Å²) in [5.41, 5.74) is 0.268. The first-order valence-electron chi connectivity index (χ1n) is 11.4. The molecule has 0 spiro atoms.